The first-order valence-electron chi connectivity index (χ1n) is 7.19. The van der Waals surface area contributed by atoms with Crippen molar-refractivity contribution in [3.05, 3.63) is 29.8 Å². The number of carboxylic acid groups (broad SMARTS) is 1. The topological polar surface area (TPSA) is 101 Å². The highest BCUT2D eigenvalue weighted by Gasteiger charge is 2.11. The molecule has 24 heavy (non-hydrogen) atoms. The van der Waals surface area contributed by atoms with Gasteiger partial charge < -0.3 is 15.2 Å². The maximum atomic E-state index is 11.6. The second-order valence-electron chi connectivity index (χ2n) is 5.04. The summed E-state index contributed by atoms with van der Waals surface area (Å²) in [4.78, 5) is 22.3. The summed E-state index contributed by atoms with van der Waals surface area (Å²) in [5, 5.41) is 19.9. The van der Waals surface area contributed by atoms with Crippen LogP contribution in [0.2, 0.25) is 0 Å². The predicted molar refractivity (Wildman–Crippen MR) is 93.0 cm³/mol. The van der Waals surface area contributed by atoms with Gasteiger partial charge in [0.15, 0.2) is 4.34 Å². The zero-order valence-corrected chi connectivity index (χ0v) is 14.8. The van der Waals surface area contributed by atoms with Crippen LogP contribution in [0, 0.1) is 5.92 Å². The van der Waals surface area contributed by atoms with E-state index in [1.54, 1.807) is 12.1 Å². The van der Waals surface area contributed by atoms with Crippen LogP contribution in [-0.4, -0.2) is 39.5 Å². The van der Waals surface area contributed by atoms with Gasteiger partial charge in [-0.25, -0.2) is 4.79 Å². The number of amides is 1. The standard InChI is InChI=1S/C15H17N3O4S2/c1-9(2)12(19)16-14-17-18-15(24-14)23-8-7-22-11-5-3-10(4-6-11)13(20)21/h3-6,9H,7-8H2,1-2H3,(H,20,21)(H,16,17,19). The Morgan fingerprint density at radius 2 is 2.00 bits per heavy atom. The van der Waals surface area contributed by atoms with E-state index in [0.29, 0.717) is 23.2 Å². The number of carbonyl (C=O) groups excluding carboxylic acids is 1. The van der Waals surface area contributed by atoms with Gasteiger partial charge in [0, 0.05) is 11.7 Å². The number of nitrogens with zero attached hydrogens (tertiary/aromatic N) is 2. The zero-order chi connectivity index (χ0) is 17.5. The molecule has 1 aromatic carbocycles. The van der Waals surface area contributed by atoms with Gasteiger partial charge in [-0.3, -0.25) is 4.79 Å². The number of anilines is 1. The first-order chi connectivity index (χ1) is 11.5. The first-order valence-corrected chi connectivity index (χ1v) is 8.99. The fourth-order valence-electron chi connectivity index (χ4n) is 1.55. The van der Waals surface area contributed by atoms with E-state index in [1.165, 1.54) is 35.2 Å². The minimum absolute atomic E-state index is 0.0872. The maximum absolute atomic E-state index is 11.6. The molecule has 9 heteroatoms. The highest BCUT2D eigenvalue weighted by atomic mass is 32.2. The minimum Gasteiger partial charge on any atom is -0.493 e. The van der Waals surface area contributed by atoms with Gasteiger partial charge >= 0.3 is 5.97 Å². The molecular formula is C15H17N3O4S2. The molecule has 2 N–H and O–H groups in total. The van der Waals surface area contributed by atoms with Gasteiger partial charge in [-0.05, 0) is 24.3 Å². The van der Waals surface area contributed by atoms with Crippen LogP contribution in [0.3, 0.4) is 0 Å². The number of carboxylic acids is 1. The van der Waals surface area contributed by atoms with Crippen LogP contribution in [0.4, 0.5) is 5.13 Å². The van der Waals surface area contributed by atoms with E-state index in [4.69, 9.17) is 9.84 Å². The molecule has 2 rings (SSSR count). The Bertz CT molecular complexity index is 701. The van der Waals surface area contributed by atoms with E-state index in [0.717, 1.165) is 4.34 Å². The molecule has 1 heterocycles. The van der Waals surface area contributed by atoms with Crippen molar-refractivity contribution < 1.29 is 19.4 Å². The molecule has 0 aliphatic heterocycles. The zero-order valence-electron chi connectivity index (χ0n) is 13.2. The first kappa shape index (κ1) is 18.2. The number of hydrogen-bond donors (Lipinski definition) is 2. The lowest BCUT2D eigenvalue weighted by Crippen LogP contribution is -2.17. The molecule has 0 atom stereocenters. The van der Waals surface area contributed by atoms with Crippen molar-refractivity contribution >= 4 is 40.1 Å². The molecule has 2 aromatic rings. The largest absolute Gasteiger partial charge is 0.493 e. The van der Waals surface area contributed by atoms with Gasteiger partial charge in [-0.2, -0.15) is 0 Å². The van der Waals surface area contributed by atoms with E-state index in [-0.39, 0.29) is 17.4 Å². The lowest BCUT2D eigenvalue weighted by molar-refractivity contribution is -0.118. The van der Waals surface area contributed by atoms with E-state index >= 15 is 0 Å². The second-order valence-corrected chi connectivity index (χ2v) is 7.36. The Morgan fingerprint density at radius 1 is 1.29 bits per heavy atom. The van der Waals surface area contributed by atoms with Gasteiger partial charge in [0.2, 0.25) is 11.0 Å². The van der Waals surface area contributed by atoms with E-state index in [1.807, 2.05) is 13.8 Å². The van der Waals surface area contributed by atoms with Crippen molar-refractivity contribution in [1.29, 1.82) is 0 Å². The van der Waals surface area contributed by atoms with Gasteiger partial charge in [-0.1, -0.05) is 36.9 Å². The number of rotatable bonds is 8. The average molecular weight is 367 g/mol. The fraction of sp³-hybridized carbons (Fsp3) is 0.333. The van der Waals surface area contributed by atoms with Crippen LogP contribution < -0.4 is 10.1 Å². The van der Waals surface area contributed by atoms with E-state index in [9.17, 15) is 9.59 Å². The van der Waals surface area contributed by atoms with E-state index in [2.05, 4.69) is 15.5 Å². The normalized spacial score (nSPS) is 10.6. The van der Waals surface area contributed by atoms with Crippen LogP contribution in [0.15, 0.2) is 28.6 Å². The summed E-state index contributed by atoms with van der Waals surface area (Å²) in [5.74, 6) is 0.117. The number of hydrogen-bond acceptors (Lipinski definition) is 7. The Hall–Kier alpha value is -2.13. The van der Waals surface area contributed by atoms with Crippen molar-refractivity contribution in [2.24, 2.45) is 5.92 Å². The van der Waals surface area contributed by atoms with Crippen LogP contribution >= 0.6 is 23.1 Å². The van der Waals surface area contributed by atoms with Crippen molar-refractivity contribution in [1.82, 2.24) is 10.2 Å². The fourth-order valence-corrected chi connectivity index (χ4v) is 3.19. The Morgan fingerprint density at radius 3 is 2.62 bits per heavy atom. The van der Waals surface area contributed by atoms with Crippen LogP contribution in [0.5, 0.6) is 5.75 Å². The highest BCUT2D eigenvalue weighted by Crippen LogP contribution is 2.25. The molecule has 0 radical (unpaired) electrons. The number of thioether (sulfide) groups is 1. The third-order valence-electron chi connectivity index (χ3n) is 2.84. The van der Waals surface area contributed by atoms with E-state index < -0.39 is 5.97 Å². The lowest BCUT2D eigenvalue weighted by atomic mass is 10.2. The molecule has 0 unspecified atom stereocenters. The van der Waals surface area contributed by atoms with Crippen LogP contribution in [0.25, 0.3) is 0 Å². The number of carbonyl (C=O) groups is 2. The summed E-state index contributed by atoms with van der Waals surface area (Å²) in [7, 11) is 0. The molecule has 0 spiro atoms. The van der Waals surface area contributed by atoms with Crippen LogP contribution in [-0.2, 0) is 4.79 Å². The second kappa shape index (κ2) is 8.65. The monoisotopic (exact) mass is 367 g/mol. The highest BCUT2D eigenvalue weighted by molar-refractivity contribution is 8.01. The summed E-state index contributed by atoms with van der Waals surface area (Å²) < 4.78 is 6.29. The number of ether oxygens (including phenoxy) is 1. The average Bonchev–Trinajstić information content (AvgIpc) is 2.99. The molecule has 1 aromatic heterocycles. The number of aromatic carboxylic acids is 1. The molecular weight excluding hydrogens is 350 g/mol. The summed E-state index contributed by atoms with van der Waals surface area (Å²) in [6.07, 6.45) is 0. The predicted octanol–water partition coefficient (Wildman–Crippen LogP) is 3.00. The summed E-state index contributed by atoms with van der Waals surface area (Å²) >= 11 is 2.80. The SMILES string of the molecule is CC(C)C(=O)Nc1nnc(SCCOc2ccc(C(=O)O)cc2)s1. The molecule has 0 fully saturated rings. The number of nitrogens with one attached hydrogen (secondary N) is 1. The van der Waals surface area contributed by atoms with Crippen molar-refractivity contribution in [3.8, 4) is 5.75 Å². The van der Waals surface area contributed by atoms with Crippen molar-refractivity contribution in [2.45, 2.75) is 18.2 Å². The molecule has 7 nitrogen and oxygen atoms in total. The Kier molecular flexibility index (Phi) is 6.56. The van der Waals surface area contributed by atoms with Crippen LogP contribution in [0.1, 0.15) is 24.2 Å². The number of benzene rings is 1. The van der Waals surface area contributed by atoms with Gasteiger partial charge in [0.25, 0.3) is 0 Å². The number of aromatic nitrogens is 2. The lowest BCUT2D eigenvalue weighted by Gasteiger charge is -2.05. The minimum atomic E-state index is -0.964. The quantitative estimate of drug-likeness (QED) is 0.420. The Labute approximate surface area is 147 Å². The molecule has 0 saturated carbocycles. The van der Waals surface area contributed by atoms with Crippen molar-refractivity contribution in [2.75, 3.05) is 17.7 Å². The molecule has 0 bridgehead atoms. The third kappa shape index (κ3) is 5.50. The summed E-state index contributed by atoms with van der Waals surface area (Å²) in [6.45, 7) is 4.07. The summed E-state index contributed by atoms with van der Waals surface area (Å²) in [6, 6.07) is 6.25. The molecule has 1 amide bonds. The molecule has 0 aliphatic carbocycles. The summed E-state index contributed by atoms with van der Waals surface area (Å²) in [5.41, 5.74) is 0.224. The molecule has 0 saturated heterocycles. The van der Waals surface area contributed by atoms with Gasteiger partial charge in [-0.15, -0.1) is 10.2 Å². The van der Waals surface area contributed by atoms with Crippen molar-refractivity contribution in [3.63, 3.8) is 0 Å². The van der Waals surface area contributed by atoms with Gasteiger partial charge in [0.1, 0.15) is 5.75 Å². The molecule has 0 aliphatic rings. The van der Waals surface area contributed by atoms with Gasteiger partial charge in [0.05, 0.1) is 12.2 Å². The smallest absolute Gasteiger partial charge is 0.335 e. The third-order valence-corrected chi connectivity index (χ3v) is 4.78. The maximum Gasteiger partial charge on any atom is 0.335 e. The Balaban J connectivity index is 1.73. The molecule has 128 valence electrons.